The molecule has 2 aromatic heterocycles. The highest BCUT2D eigenvalue weighted by molar-refractivity contribution is 9.11. The largest absolute Gasteiger partial charge is 0.504 e. The number of aromatic hydroxyl groups is 1. The molecule has 0 amide bonds. The number of carbonyl (C=O) groups excluding carboxylic acids is 1. The van der Waals surface area contributed by atoms with Gasteiger partial charge in [-0.05, 0) is 28.4 Å². The number of carbonyl (C=O) groups is 1. The van der Waals surface area contributed by atoms with E-state index in [1.165, 1.54) is 11.3 Å². The quantitative estimate of drug-likeness (QED) is 0.659. The average molecular weight is 346 g/mol. The van der Waals surface area contributed by atoms with Gasteiger partial charge in [0, 0.05) is 0 Å². The normalized spacial score (nSPS) is 10.8. The molecule has 0 aliphatic heterocycles. The minimum absolute atomic E-state index is 0.192. The second-order valence-corrected chi connectivity index (χ2v) is 6.39. The first kappa shape index (κ1) is 14.1. The van der Waals surface area contributed by atoms with Gasteiger partial charge < -0.3 is 14.8 Å². The Kier molecular flexibility index (Phi) is 4.26. The molecule has 0 saturated carbocycles. The number of pyridine rings is 1. The van der Waals surface area contributed by atoms with Crippen LogP contribution in [-0.2, 0) is 4.74 Å². The number of halogens is 1. The van der Waals surface area contributed by atoms with Crippen molar-refractivity contribution in [1.82, 2.24) is 4.98 Å². The van der Waals surface area contributed by atoms with Gasteiger partial charge in [-0.15, -0.1) is 11.3 Å². The lowest BCUT2D eigenvalue weighted by atomic mass is 10.2. The Labute approximate surface area is 121 Å². The summed E-state index contributed by atoms with van der Waals surface area (Å²) in [6.07, 6.45) is 1.64. The molecule has 0 unspecified atom stereocenters. The number of hydrogen-bond donors (Lipinski definition) is 2. The maximum atomic E-state index is 11.8. The highest BCUT2D eigenvalue weighted by atomic mass is 79.9. The van der Waals surface area contributed by atoms with Crippen LogP contribution < -0.4 is 5.56 Å². The smallest absolute Gasteiger partial charge is 0.358 e. The summed E-state index contributed by atoms with van der Waals surface area (Å²) in [6, 6.07) is 1.60. The van der Waals surface area contributed by atoms with Crippen molar-refractivity contribution >= 4 is 43.3 Å². The Hall–Kier alpha value is -1.34. The summed E-state index contributed by atoms with van der Waals surface area (Å²) in [5.74, 6) is -0.957. The van der Waals surface area contributed by atoms with E-state index in [-0.39, 0.29) is 18.1 Å². The molecule has 0 aliphatic rings. The number of ether oxygens (including phenoxy) is 1. The average Bonchev–Trinajstić information content (AvgIpc) is 2.76. The summed E-state index contributed by atoms with van der Waals surface area (Å²) in [6.45, 7) is 2.24. The molecule has 0 radical (unpaired) electrons. The van der Waals surface area contributed by atoms with E-state index in [0.717, 1.165) is 12.8 Å². The summed E-state index contributed by atoms with van der Waals surface area (Å²) in [7, 11) is 0. The van der Waals surface area contributed by atoms with Gasteiger partial charge in [-0.1, -0.05) is 13.3 Å². The molecule has 2 N–H and O–H groups in total. The van der Waals surface area contributed by atoms with E-state index in [4.69, 9.17) is 4.74 Å². The van der Waals surface area contributed by atoms with Crippen molar-refractivity contribution in [3.8, 4) is 5.75 Å². The number of esters is 1. The van der Waals surface area contributed by atoms with Crippen LogP contribution in [0.1, 0.15) is 30.3 Å². The van der Waals surface area contributed by atoms with Gasteiger partial charge in [0.15, 0.2) is 11.4 Å². The van der Waals surface area contributed by atoms with Gasteiger partial charge in [0.2, 0.25) is 0 Å². The highest BCUT2D eigenvalue weighted by Crippen LogP contribution is 2.35. The summed E-state index contributed by atoms with van der Waals surface area (Å²) in [4.78, 5) is 26.0. The van der Waals surface area contributed by atoms with Crippen molar-refractivity contribution in [3.63, 3.8) is 0 Å². The van der Waals surface area contributed by atoms with E-state index in [9.17, 15) is 14.7 Å². The molecule has 5 nitrogen and oxygen atoms in total. The molecule has 0 atom stereocenters. The van der Waals surface area contributed by atoms with Crippen LogP contribution in [0.25, 0.3) is 10.1 Å². The van der Waals surface area contributed by atoms with Crippen LogP contribution in [0.15, 0.2) is 14.6 Å². The number of aromatic nitrogens is 1. The Balaban J connectivity index is 2.41. The minimum Gasteiger partial charge on any atom is -0.504 e. The Bertz CT molecular complexity index is 676. The van der Waals surface area contributed by atoms with Gasteiger partial charge in [-0.3, -0.25) is 4.79 Å². The number of nitrogens with one attached hydrogen (secondary N) is 1. The zero-order chi connectivity index (χ0) is 14.0. The number of H-pyrrole nitrogens is 1. The monoisotopic (exact) mass is 345 g/mol. The molecule has 0 aromatic carbocycles. The first-order valence-corrected chi connectivity index (χ1v) is 7.37. The standard InChI is InChI=1S/C12H12BrNO4S/c1-2-3-4-18-12(17)8-9(15)10-6(11(16)14-8)5-7(13)19-10/h5,15H,2-4H2,1H3,(H,14,16). The van der Waals surface area contributed by atoms with Gasteiger partial charge in [-0.25, -0.2) is 4.79 Å². The minimum atomic E-state index is -0.713. The Morgan fingerprint density at radius 2 is 2.32 bits per heavy atom. The van der Waals surface area contributed by atoms with E-state index in [2.05, 4.69) is 20.9 Å². The second kappa shape index (κ2) is 5.75. The number of unbranched alkanes of at least 4 members (excludes halogenated alkanes) is 1. The van der Waals surface area contributed by atoms with E-state index in [1.807, 2.05) is 6.92 Å². The lowest BCUT2D eigenvalue weighted by Gasteiger charge is -2.05. The van der Waals surface area contributed by atoms with E-state index in [1.54, 1.807) is 6.07 Å². The van der Waals surface area contributed by atoms with Crippen LogP contribution in [0.3, 0.4) is 0 Å². The molecule has 0 aliphatic carbocycles. The predicted octanol–water partition coefficient (Wildman–Crippen LogP) is 3.01. The second-order valence-electron chi connectivity index (χ2n) is 3.96. The number of rotatable bonds is 4. The van der Waals surface area contributed by atoms with Crippen LogP contribution in [0.5, 0.6) is 5.75 Å². The lowest BCUT2D eigenvalue weighted by molar-refractivity contribution is 0.0489. The van der Waals surface area contributed by atoms with Crippen LogP contribution in [-0.4, -0.2) is 22.7 Å². The molecule has 0 spiro atoms. The van der Waals surface area contributed by atoms with Crippen molar-refractivity contribution < 1.29 is 14.6 Å². The SMILES string of the molecule is CCCCOC(=O)c1[nH]c(=O)c2cc(Br)sc2c1O. The first-order chi connectivity index (χ1) is 9.04. The van der Waals surface area contributed by atoms with E-state index >= 15 is 0 Å². The van der Waals surface area contributed by atoms with Crippen LogP contribution in [0.2, 0.25) is 0 Å². The molecule has 2 aromatic rings. The maximum absolute atomic E-state index is 11.8. The number of hydrogen-bond acceptors (Lipinski definition) is 5. The van der Waals surface area contributed by atoms with Gasteiger partial charge in [0.1, 0.15) is 0 Å². The molecule has 102 valence electrons. The van der Waals surface area contributed by atoms with Crippen molar-refractivity contribution in [3.05, 3.63) is 25.9 Å². The highest BCUT2D eigenvalue weighted by Gasteiger charge is 2.19. The van der Waals surface area contributed by atoms with Crippen LogP contribution in [0, 0.1) is 0 Å². The van der Waals surface area contributed by atoms with Gasteiger partial charge in [-0.2, -0.15) is 0 Å². The molecule has 0 bridgehead atoms. The zero-order valence-corrected chi connectivity index (χ0v) is 12.6. The predicted molar refractivity (Wildman–Crippen MR) is 77.0 cm³/mol. The fourth-order valence-corrected chi connectivity index (χ4v) is 3.13. The molecule has 0 fully saturated rings. The van der Waals surface area contributed by atoms with E-state index < -0.39 is 11.5 Å². The van der Waals surface area contributed by atoms with Gasteiger partial charge >= 0.3 is 5.97 Å². The van der Waals surface area contributed by atoms with Gasteiger partial charge in [0.05, 0.1) is 20.5 Å². The van der Waals surface area contributed by atoms with Crippen molar-refractivity contribution in [1.29, 1.82) is 0 Å². The summed E-state index contributed by atoms with van der Waals surface area (Å²) in [5, 5.41) is 10.4. The summed E-state index contributed by atoms with van der Waals surface area (Å²) in [5.41, 5.74) is -0.611. The Morgan fingerprint density at radius 3 is 3.00 bits per heavy atom. The topological polar surface area (TPSA) is 79.4 Å². The maximum Gasteiger partial charge on any atom is 0.358 e. The zero-order valence-electron chi connectivity index (χ0n) is 10.2. The third-order valence-electron chi connectivity index (χ3n) is 2.57. The third kappa shape index (κ3) is 2.82. The van der Waals surface area contributed by atoms with Crippen molar-refractivity contribution in [2.75, 3.05) is 6.61 Å². The first-order valence-electron chi connectivity index (χ1n) is 5.76. The number of thiophene rings is 1. The molecule has 2 heterocycles. The van der Waals surface area contributed by atoms with Crippen LogP contribution in [0.4, 0.5) is 0 Å². The Morgan fingerprint density at radius 1 is 1.58 bits per heavy atom. The summed E-state index contributed by atoms with van der Waals surface area (Å²) >= 11 is 4.44. The fourth-order valence-electron chi connectivity index (χ4n) is 1.59. The lowest BCUT2D eigenvalue weighted by Crippen LogP contribution is -2.15. The molecule has 2 rings (SSSR count). The molecule has 19 heavy (non-hydrogen) atoms. The van der Waals surface area contributed by atoms with Crippen LogP contribution >= 0.6 is 27.3 Å². The van der Waals surface area contributed by atoms with E-state index in [0.29, 0.717) is 13.9 Å². The fraction of sp³-hybridized carbons (Fsp3) is 0.333. The molecule has 0 saturated heterocycles. The number of aromatic amines is 1. The summed E-state index contributed by atoms with van der Waals surface area (Å²) < 4.78 is 6.07. The molecular weight excluding hydrogens is 334 g/mol. The molecule has 7 heteroatoms. The van der Waals surface area contributed by atoms with Gasteiger partial charge in [0.25, 0.3) is 5.56 Å². The van der Waals surface area contributed by atoms with Crippen molar-refractivity contribution in [2.24, 2.45) is 0 Å². The number of fused-ring (bicyclic) bond motifs is 1. The third-order valence-corrected chi connectivity index (χ3v) is 4.22. The molecular formula is C12H12BrNO4S. The van der Waals surface area contributed by atoms with Crippen molar-refractivity contribution in [2.45, 2.75) is 19.8 Å².